The number of rotatable bonds is 7. The predicted molar refractivity (Wildman–Crippen MR) is 119 cm³/mol. The summed E-state index contributed by atoms with van der Waals surface area (Å²) in [6.45, 7) is 3.82. The van der Waals surface area contributed by atoms with Crippen molar-refractivity contribution in [1.29, 1.82) is 0 Å². The molecule has 2 amide bonds. The normalized spacial score (nSPS) is 19.1. The molecular weight excluding hydrogens is 374 g/mol. The Morgan fingerprint density at radius 1 is 1.00 bits per heavy atom. The number of nitrogens with zero attached hydrogens (tertiary/aromatic N) is 1. The molecule has 5 nitrogen and oxygen atoms in total. The molecule has 4 rings (SSSR count). The molecule has 2 N–H and O–H groups in total. The van der Waals surface area contributed by atoms with Crippen molar-refractivity contribution < 1.29 is 9.59 Å². The molecule has 2 heterocycles. The Labute approximate surface area is 178 Å². The second-order valence-corrected chi connectivity index (χ2v) is 8.47. The number of nitrogens with one attached hydrogen (secondary N) is 2. The first-order chi connectivity index (χ1) is 14.7. The zero-order valence-corrected chi connectivity index (χ0v) is 17.5. The molecule has 0 saturated carbocycles. The van der Waals surface area contributed by atoms with Crippen LogP contribution in [0.25, 0.3) is 0 Å². The zero-order chi connectivity index (χ0) is 20.8. The van der Waals surface area contributed by atoms with E-state index in [0.29, 0.717) is 25.8 Å². The quantitative estimate of drug-likeness (QED) is 0.735. The largest absolute Gasteiger partial charge is 0.352 e. The highest BCUT2D eigenvalue weighted by atomic mass is 16.2. The van der Waals surface area contributed by atoms with E-state index in [-0.39, 0.29) is 17.7 Å². The summed E-state index contributed by atoms with van der Waals surface area (Å²) in [5, 5.41) is 6.02. The topological polar surface area (TPSA) is 61.4 Å². The lowest BCUT2D eigenvalue weighted by Gasteiger charge is -2.27. The SMILES string of the molecule is O=C(CCC1Cc2ccccc2NC1=O)NCc1ccccc1CN1CCCCC1. The van der Waals surface area contributed by atoms with Crippen molar-refractivity contribution >= 4 is 17.5 Å². The number of carbonyl (C=O) groups excluding carboxylic acids is 2. The van der Waals surface area contributed by atoms with E-state index in [2.05, 4.69) is 33.7 Å². The van der Waals surface area contributed by atoms with Gasteiger partial charge in [-0.05, 0) is 61.5 Å². The second kappa shape index (κ2) is 9.90. The maximum Gasteiger partial charge on any atom is 0.227 e. The fourth-order valence-electron chi connectivity index (χ4n) is 4.48. The van der Waals surface area contributed by atoms with Crippen molar-refractivity contribution in [3.8, 4) is 0 Å². The van der Waals surface area contributed by atoms with Gasteiger partial charge >= 0.3 is 0 Å². The van der Waals surface area contributed by atoms with Crippen LogP contribution in [0.2, 0.25) is 0 Å². The van der Waals surface area contributed by atoms with Crippen LogP contribution in [-0.2, 0) is 29.1 Å². The van der Waals surface area contributed by atoms with Crippen LogP contribution in [0, 0.1) is 5.92 Å². The summed E-state index contributed by atoms with van der Waals surface area (Å²) >= 11 is 0. The molecule has 2 aromatic carbocycles. The molecule has 0 spiro atoms. The summed E-state index contributed by atoms with van der Waals surface area (Å²) in [4.78, 5) is 27.3. The van der Waals surface area contributed by atoms with E-state index in [0.717, 1.165) is 30.9 Å². The van der Waals surface area contributed by atoms with Crippen LogP contribution in [-0.4, -0.2) is 29.8 Å². The zero-order valence-electron chi connectivity index (χ0n) is 17.5. The van der Waals surface area contributed by atoms with Crippen LogP contribution in [0.4, 0.5) is 5.69 Å². The second-order valence-electron chi connectivity index (χ2n) is 8.47. The van der Waals surface area contributed by atoms with Crippen molar-refractivity contribution in [2.45, 2.75) is 51.6 Å². The third kappa shape index (κ3) is 5.28. The monoisotopic (exact) mass is 405 g/mol. The number of fused-ring (bicyclic) bond motifs is 1. The number of amides is 2. The highest BCUT2D eigenvalue weighted by Gasteiger charge is 2.26. The Bertz CT molecular complexity index is 889. The molecule has 1 atom stereocenters. The van der Waals surface area contributed by atoms with E-state index in [9.17, 15) is 9.59 Å². The van der Waals surface area contributed by atoms with Gasteiger partial charge in [-0.3, -0.25) is 14.5 Å². The summed E-state index contributed by atoms with van der Waals surface area (Å²) in [7, 11) is 0. The Hall–Kier alpha value is -2.66. The fraction of sp³-hybridized carbons (Fsp3) is 0.440. The summed E-state index contributed by atoms with van der Waals surface area (Å²) in [5.74, 6) is -0.111. The van der Waals surface area contributed by atoms with Gasteiger partial charge in [0.15, 0.2) is 0 Å². The molecule has 0 radical (unpaired) electrons. The number of para-hydroxylation sites is 1. The predicted octanol–water partition coefficient (Wildman–Crippen LogP) is 3.88. The molecule has 0 bridgehead atoms. The van der Waals surface area contributed by atoms with Gasteiger partial charge in [0.25, 0.3) is 0 Å². The van der Waals surface area contributed by atoms with E-state index < -0.39 is 0 Å². The molecule has 158 valence electrons. The molecule has 2 aliphatic heterocycles. The minimum atomic E-state index is -0.142. The number of benzene rings is 2. The van der Waals surface area contributed by atoms with Gasteiger partial charge in [0.2, 0.25) is 11.8 Å². The van der Waals surface area contributed by atoms with Crippen LogP contribution in [0.5, 0.6) is 0 Å². The Morgan fingerprint density at radius 3 is 2.57 bits per heavy atom. The first-order valence-corrected chi connectivity index (χ1v) is 11.1. The Kier molecular flexibility index (Phi) is 6.80. The standard InChI is InChI=1S/C25H31N3O2/c29-24(13-12-20-16-19-8-4-5-11-23(19)27-25(20)30)26-17-21-9-2-3-10-22(21)18-28-14-6-1-7-15-28/h2-5,8-11,20H,1,6-7,12-18H2,(H,26,29)(H,27,30). The molecule has 2 aliphatic rings. The minimum absolute atomic E-state index is 0.00874. The molecule has 5 heteroatoms. The van der Waals surface area contributed by atoms with Crippen molar-refractivity contribution in [1.82, 2.24) is 10.2 Å². The number of piperidine rings is 1. The van der Waals surface area contributed by atoms with Gasteiger partial charge in [-0.2, -0.15) is 0 Å². The van der Waals surface area contributed by atoms with Gasteiger partial charge in [-0.25, -0.2) is 0 Å². The highest BCUT2D eigenvalue weighted by Crippen LogP contribution is 2.27. The minimum Gasteiger partial charge on any atom is -0.352 e. The smallest absolute Gasteiger partial charge is 0.227 e. The lowest BCUT2D eigenvalue weighted by Crippen LogP contribution is -2.32. The maximum absolute atomic E-state index is 12.5. The van der Waals surface area contributed by atoms with Crippen molar-refractivity contribution in [2.24, 2.45) is 5.92 Å². The van der Waals surface area contributed by atoms with Crippen LogP contribution in [0.1, 0.15) is 48.8 Å². The molecule has 1 fully saturated rings. The van der Waals surface area contributed by atoms with Gasteiger partial charge in [-0.1, -0.05) is 48.9 Å². The van der Waals surface area contributed by atoms with Gasteiger partial charge in [0.05, 0.1) is 0 Å². The first-order valence-electron chi connectivity index (χ1n) is 11.1. The van der Waals surface area contributed by atoms with Crippen LogP contribution >= 0.6 is 0 Å². The number of carbonyl (C=O) groups is 2. The van der Waals surface area contributed by atoms with Crippen LogP contribution < -0.4 is 10.6 Å². The number of anilines is 1. The highest BCUT2D eigenvalue weighted by molar-refractivity contribution is 5.96. The third-order valence-electron chi connectivity index (χ3n) is 6.27. The molecule has 2 aromatic rings. The summed E-state index contributed by atoms with van der Waals surface area (Å²) in [6, 6.07) is 16.3. The van der Waals surface area contributed by atoms with Gasteiger partial charge in [0, 0.05) is 31.1 Å². The molecule has 0 aromatic heterocycles. The fourth-order valence-corrected chi connectivity index (χ4v) is 4.48. The molecular formula is C25H31N3O2. The summed E-state index contributed by atoms with van der Waals surface area (Å²) in [6.07, 6.45) is 5.53. The van der Waals surface area contributed by atoms with Gasteiger partial charge in [-0.15, -0.1) is 0 Å². The maximum atomic E-state index is 12.5. The van der Waals surface area contributed by atoms with E-state index in [4.69, 9.17) is 0 Å². The van der Waals surface area contributed by atoms with E-state index >= 15 is 0 Å². The molecule has 1 saturated heterocycles. The molecule has 0 aliphatic carbocycles. The van der Waals surface area contributed by atoms with Gasteiger partial charge < -0.3 is 10.6 Å². The average molecular weight is 406 g/mol. The summed E-state index contributed by atoms with van der Waals surface area (Å²) < 4.78 is 0. The van der Waals surface area contributed by atoms with Crippen molar-refractivity contribution in [3.63, 3.8) is 0 Å². The van der Waals surface area contributed by atoms with Crippen LogP contribution in [0.15, 0.2) is 48.5 Å². The number of likely N-dealkylation sites (tertiary alicyclic amines) is 1. The summed E-state index contributed by atoms with van der Waals surface area (Å²) in [5.41, 5.74) is 4.52. The van der Waals surface area contributed by atoms with Gasteiger partial charge in [0.1, 0.15) is 0 Å². The van der Waals surface area contributed by atoms with E-state index in [1.807, 2.05) is 30.3 Å². The van der Waals surface area contributed by atoms with Crippen molar-refractivity contribution in [3.05, 3.63) is 65.2 Å². The Morgan fingerprint density at radius 2 is 1.73 bits per heavy atom. The van der Waals surface area contributed by atoms with Crippen LogP contribution in [0.3, 0.4) is 0 Å². The lowest BCUT2D eigenvalue weighted by atomic mass is 9.89. The van der Waals surface area contributed by atoms with E-state index in [1.54, 1.807) is 0 Å². The average Bonchev–Trinajstić information content (AvgIpc) is 2.78. The number of hydrogen-bond acceptors (Lipinski definition) is 3. The Balaban J connectivity index is 1.27. The number of hydrogen-bond donors (Lipinski definition) is 2. The molecule has 1 unspecified atom stereocenters. The lowest BCUT2D eigenvalue weighted by molar-refractivity contribution is -0.122. The van der Waals surface area contributed by atoms with Crippen molar-refractivity contribution in [2.75, 3.05) is 18.4 Å². The molecule has 30 heavy (non-hydrogen) atoms. The van der Waals surface area contributed by atoms with E-state index in [1.165, 1.54) is 30.4 Å². The third-order valence-corrected chi connectivity index (χ3v) is 6.27. The first kappa shape index (κ1) is 20.6.